The molecule has 7 nitrogen and oxygen atoms in total. The number of rotatable bonds is 12. The molecule has 0 saturated carbocycles. The molecule has 0 unspecified atom stereocenters. The first-order valence-corrected chi connectivity index (χ1v) is 16.9. The van der Waals surface area contributed by atoms with Crippen LogP contribution in [0.25, 0.3) is 0 Å². The summed E-state index contributed by atoms with van der Waals surface area (Å²) in [5.41, 5.74) is 14.9. The fourth-order valence-corrected chi connectivity index (χ4v) is 5.76. The summed E-state index contributed by atoms with van der Waals surface area (Å²) in [4.78, 5) is 17.3. The summed E-state index contributed by atoms with van der Waals surface area (Å²) in [6.45, 7) is 0. The predicted octanol–water partition coefficient (Wildman–Crippen LogP) is 10.8. The zero-order valence-corrected chi connectivity index (χ0v) is 28.3. The van der Waals surface area contributed by atoms with Crippen LogP contribution in [-0.2, 0) is 0 Å². The highest BCUT2D eigenvalue weighted by Gasteiger charge is 2.13. The van der Waals surface area contributed by atoms with Gasteiger partial charge in [-0.25, -0.2) is 5.43 Å². The normalized spacial score (nSPS) is 11.0. The van der Waals surface area contributed by atoms with E-state index in [2.05, 4.69) is 91.5 Å². The van der Waals surface area contributed by atoms with Gasteiger partial charge in [0.15, 0.2) is 0 Å². The van der Waals surface area contributed by atoms with Crippen molar-refractivity contribution in [3.8, 4) is 0 Å². The van der Waals surface area contributed by atoms with Crippen molar-refractivity contribution in [2.75, 3.05) is 15.2 Å². The van der Waals surface area contributed by atoms with Crippen LogP contribution >= 0.6 is 0 Å². The van der Waals surface area contributed by atoms with Gasteiger partial charge in [0.1, 0.15) is 0 Å². The molecule has 0 aliphatic heterocycles. The summed E-state index contributed by atoms with van der Waals surface area (Å²) in [5, 5.41) is 8.62. The van der Waals surface area contributed by atoms with E-state index in [1.165, 1.54) is 0 Å². The number of nitrogens with zero attached hydrogens (tertiary/aromatic N) is 4. The van der Waals surface area contributed by atoms with Crippen LogP contribution in [0.3, 0.4) is 0 Å². The number of hydrazone groups is 2. The van der Waals surface area contributed by atoms with Crippen molar-refractivity contribution in [1.29, 1.82) is 0 Å². The zero-order chi connectivity index (χ0) is 35.4. The second-order valence-corrected chi connectivity index (χ2v) is 11.8. The minimum absolute atomic E-state index is 0.322. The van der Waals surface area contributed by atoms with Crippen LogP contribution in [0.5, 0.6) is 0 Å². The first-order chi connectivity index (χ1) is 25.7. The molecule has 252 valence electrons. The van der Waals surface area contributed by atoms with Gasteiger partial charge in [0.2, 0.25) is 0 Å². The summed E-state index contributed by atoms with van der Waals surface area (Å²) < 4.78 is 0. The first-order valence-electron chi connectivity index (χ1n) is 16.9. The molecule has 0 aromatic heterocycles. The van der Waals surface area contributed by atoms with Gasteiger partial charge < -0.3 is 9.80 Å². The Labute approximate surface area is 303 Å². The molecule has 0 radical (unpaired) electrons. The van der Waals surface area contributed by atoms with E-state index in [-0.39, 0.29) is 5.91 Å². The molecule has 1 amide bonds. The minimum Gasteiger partial charge on any atom is -0.311 e. The van der Waals surface area contributed by atoms with Gasteiger partial charge in [0, 0.05) is 39.7 Å². The molecule has 0 fully saturated rings. The monoisotopic (exact) mass is 676 g/mol. The summed E-state index contributed by atoms with van der Waals surface area (Å²) in [6.07, 6.45) is 3.38. The lowest BCUT2D eigenvalue weighted by Crippen LogP contribution is -2.17. The lowest BCUT2D eigenvalue weighted by atomic mass is 10.1. The van der Waals surface area contributed by atoms with Gasteiger partial charge in [0.25, 0.3) is 5.91 Å². The molecule has 0 aliphatic carbocycles. The first kappa shape index (κ1) is 33.3. The second kappa shape index (κ2) is 16.4. The van der Waals surface area contributed by atoms with Gasteiger partial charge >= 0.3 is 0 Å². The molecule has 0 saturated heterocycles. The van der Waals surface area contributed by atoms with Crippen molar-refractivity contribution in [2.24, 2.45) is 10.2 Å². The van der Waals surface area contributed by atoms with Gasteiger partial charge in [-0.2, -0.15) is 10.2 Å². The third kappa shape index (κ3) is 8.30. The van der Waals surface area contributed by atoms with Crippen molar-refractivity contribution < 1.29 is 4.79 Å². The van der Waals surface area contributed by atoms with Crippen LogP contribution in [0.2, 0.25) is 0 Å². The van der Waals surface area contributed by atoms with E-state index in [1.807, 2.05) is 115 Å². The van der Waals surface area contributed by atoms with Gasteiger partial charge in [-0.1, -0.05) is 103 Å². The van der Waals surface area contributed by atoms with Crippen LogP contribution in [0, 0.1) is 0 Å². The third-order valence-electron chi connectivity index (χ3n) is 8.27. The fourth-order valence-electron chi connectivity index (χ4n) is 5.76. The highest BCUT2D eigenvalue weighted by atomic mass is 16.2. The standard InChI is InChI=1S/C45H36N6O/c52-45(49-47-34-36-26-30-44(31-27-36)51(41-20-9-3-10-21-41)42-22-11-4-12-23-42)37-14-13-15-38(32-37)48-46-33-35-24-28-43(29-25-35)50(39-16-5-1-6-17-39)40-18-7-2-8-19-40/h1-34,48H,(H,49,52). The van der Waals surface area contributed by atoms with Crippen molar-refractivity contribution >= 4 is 58.1 Å². The third-order valence-corrected chi connectivity index (χ3v) is 8.27. The van der Waals surface area contributed by atoms with E-state index in [9.17, 15) is 4.79 Å². The lowest BCUT2D eigenvalue weighted by molar-refractivity contribution is 0.0955. The van der Waals surface area contributed by atoms with E-state index in [0.717, 1.165) is 45.3 Å². The summed E-state index contributed by atoms with van der Waals surface area (Å²) in [6, 6.07) is 64.4. The van der Waals surface area contributed by atoms with Crippen LogP contribution in [-0.4, -0.2) is 18.3 Å². The zero-order valence-electron chi connectivity index (χ0n) is 28.3. The summed E-state index contributed by atoms with van der Waals surface area (Å²) in [5.74, 6) is -0.322. The number of anilines is 7. The maximum Gasteiger partial charge on any atom is 0.271 e. The Morgan fingerprint density at radius 2 is 0.808 bits per heavy atom. The van der Waals surface area contributed by atoms with Gasteiger partial charge in [-0.05, 0) is 102 Å². The number of carbonyl (C=O) groups excluding carboxylic acids is 1. The molecule has 2 N–H and O–H groups in total. The molecular formula is C45H36N6O. The number of amides is 1. The summed E-state index contributed by atoms with van der Waals surface area (Å²) >= 11 is 0. The van der Waals surface area contributed by atoms with E-state index in [0.29, 0.717) is 11.3 Å². The molecule has 7 heteroatoms. The van der Waals surface area contributed by atoms with Crippen LogP contribution in [0.4, 0.5) is 39.8 Å². The van der Waals surface area contributed by atoms with Crippen molar-refractivity contribution in [3.05, 3.63) is 211 Å². The van der Waals surface area contributed by atoms with Crippen molar-refractivity contribution in [3.63, 3.8) is 0 Å². The Morgan fingerprint density at radius 1 is 0.423 bits per heavy atom. The number of hydrogen-bond donors (Lipinski definition) is 2. The van der Waals surface area contributed by atoms with Gasteiger partial charge in [0.05, 0.1) is 18.1 Å². The quantitative estimate of drug-likeness (QED) is 0.0998. The van der Waals surface area contributed by atoms with Gasteiger partial charge in [-0.15, -0.1) is 0 Å². The largest absolute Gasteiger partial charge is 0.311 e. The predicted molar refractivity (Wildman–Crippen MR) is 215 cm³/mol. The van der Waals surface area contributed by atoms with E-state index in [4.69, 9.17) is 0 Å². The molecule has 7 aromatic rings. The average Bonchev–Trinajstić information content (AvgIpc) is 3.21. The fraction of sp³-hybridized carbons (Fsp3) is 0. The highest BCUT2D eigenvalue weighted by molar-refractivity contribution is 5.96. The van der Waals surface area contributed by atoms with Gasteiger partial charge in [-0.3, -0.25) is 10.2 Å². The molecule has 0 heterocycles. The maximum atomic E-state index is 12.9. The van der Waals surface area contributed by atoms with E-state index >= 15 is 0 Å². The molecule has 0 aliphatic rings. The number of carbonyl (C=O) groups is 1. The molecule has 0 bridgehead atoms. The molecule has 52 heavy (non-hydrogen) atoms. The van der Waals surface area contributed by atoms with Crippen LogP contribution in [0.15, 0.2) is 204 Å². The Morgan fingerprint density at radius 3 is 1.23 bits per heavy atom. The summed E-state index contributed by atoms with van der Waals surface area (Å²) in [7, 11) is 0. The number of para-hydroxylation sites is 4. The maximum absolute atomic E-state index is 12.9. The SMILES string of the molecule is O=C(NN=Cc1ccc(N(c2ccccc2)c2ccccc2)cc1)c1cccc(NN=Cc2ccc(N(c3ccccc3)c3ccccc3)cc2)c1. The highest BCUT2D eigenvalue weighted by Crippen LogP contribution is 2.35. The number of nitrogens with one attached hydrogen (secondary N) is 2. The molecule has 0 spiro atoms. The van der Waals surface area contributed by atoms with Crippen molar-refractivity contribution in [2.45, 2.75) is 0 Å². The molecule has 0 atom stereocenters. The Bertz CT molecular complexity index is 2160. The topological polar surface area (TPSA) is 72.3 Å². The molecular weight excluding hydrogens is 641 g/mol. The van der Waals surface area contributed by atoms with E-state index in [1.54, 1.807) is 30.6 Å². The second-order valence-electron chi connectivity index (χ2n) is 11.8. The lowest BCUT2D eigenvalue weighted by Gasteiger charge is -2.25. The number of benzene rings is 7. The Kier molecular flexibility index (Phi) is 10.5. The minimum atomic E-state index is -0.322. The average molecular weight is 677 g/mol. The smallest absolute Gasteiger partial charge is 0.271 e. The molecule has 7 aromatic carbocycles. The number of hydrogen-bond acceptors (Lipinski definition) is 6. The van der Waals surface area contributed by atoms with E-state index < -0.39 is 0 Å². The van der Waals surface area contributed by atoms with Crippen LogP contribution in [0.1, 0.15) is 21.5 Å². The van der Waals surface area contributed by atoms with Crippen LogP contribution < -0.4 is 20.7 Å². The molecule has 7 rings (SSSR count). The van der Waals surface area contributed by atoms with Crippen molar-refractivity contribution in [1.82, 2.24) is 5.43 Å². The Balaban J connectivity index is 0.960. The Hall–Kier alpha value is -7.25.